The third-order valence-corrected chi connectivity index (χ3v) is 10.8. The molecule has 3 aromatic rings. The third-order valence-electron chi connectivity index (χ3n) is 3.59. The van der Waals surface area contributed by atoms with Crippen molar-refractivity contribution in [2.24, 2.45) is 3.77 Å². The summed E-state index contributed by atoms with van der Waals surface area (Å²) in [5, 5.41) is 1.24. The molecule has 0 unspecified atom stereocenters. The molecule has 0 fully saturated rings. The molecular weight excluding hydrogens is 426 g/mol. The molecule has 0 N–H and O–H groups in total. The third kappa shape index (κ3) is 4.13. The maximum atomic E-state index is 12.7. The smallest absolute Gasteiger partial charge is 0.244 e. The Morgan fingerprint density at radius 2 is 1.26 bits per heavy atom. The quantitative estimate of drug-likeness (QED) is 0.604. The van der Waals surface area contributed by atoms with E-state index in [4.69, 9.17) is 0 Å². The van der Waals surface area contributed by atoms with Crippen LogP contribution in [0.15, 0.2) is 94.8 Å². The molecule has 1 aromatic heterocycles. The summed E-state index contributed by atoms with van der Waals surface area (Å²) in [6, 6.07) is 16.8. The van der Waals surface area contributed by atoms with Gasteiger partial charge in [0.1, 0.15) is 4.21 Å². The van der Waals surface area contributed by atoms with Crippen molar-refractivity contribution in [3.05, 3.63) is 72.1 Å². The number of sulfonamides is 1. The van der Waals surface area contributed by atoms with E-state index in [1.807, 2.05) is 0 Å². The molecule has 0 bridgehead atoms. The predicted octanol–water partition coefficient (Wildman–Crippen LogP) is 3.43. The van der Waals surface area contributed by atoms with Crippen LogP contribution in [0.1, 0.15) is 0 Å². The molecule has 0 amide bonds. The maximum absolute atomic E-state index is 12.7. The fourth-order valence-electron chi connectivity index (χ4n) is 2.25. The molecule has 0 aliphatic heterocycles. The molecule has 142 valence electrons. The molecule has 2 aromatic carbocycles. The van der Waals surface area contributed by atoms with Gasteiger partial charge in [-0.1, -0.05) is 36.4 Å². The van der Waals surface area contributed by atoms with Gasteiger partial charge >= 0.3 is 0 Å². The normalized spacial score (nSPS) is 14.4. The molecule has 0 radical (unpaired) electrons. The summed E-state index contributed by atoms with van der Waals surface area (Å²) in [7, 11) is -11.3. The van der Waals surface area contributed by atoms with E-state index in [0.29, 0.717) is 0 Å². The second kappa shape index (κ2) is 7.19. The van der Waals surface area contributed by atoms with Crippen molar-refractivity contribution >= 4 is 40.9 Å². The fourth-order valence-corrected chi connectivity index (χ4v) is 8.59. The van der Waals surface area contributed by atoms with Gasteiger partial charge in [0, 0.05) is 16.5 Å². The van der Waals surface area contributed by atoms with Gasteiger partial charge in [-0.2, -0.15) is 8.42 Å². The van der Waals surface area contributed by atoms with Crippen LogP contribution in [0.3, 0.4) is 0 Å². The number of hydrogen-bond acceptors (Lipinski definition) is 6. The van der Waals surface area contributed by atoms with Crippen molar-refractivity contribution in [1.29, 1.82) is 0 Å². The summed E-state index contributed by atoms with van der Waals surface area (Å²) in [6.07, 6.45) is 1.23. The summed E-state index contributed by atoms with van der Waals surface area (Å²) in [5.41, 5.74) is 0. The lowest BCUT2D eigenvalue weighted by Crippen LogP contribution is -2.04. The minimum atomic E-state index is -4.28. The summed E-state index contributed by atoms with van der Waals surface area (Å²) in [6.45, 7) is 0. The topological polar surface area (TPSA) is 97.7 Å². The van der Waals surface area contributed by atoms with E-state index in [2.05, 4.69) is 3.77 Å². The van der Waals surface area contributed by atoms with Gasteiger partial charge in [0.2, 0.25) is 9.84 Å². The average molecular weight is 442 g/mol. The highest BCUT2D eigenvalue weighted by molar-refractivity contribution is 8.03. The van der Waals surface area contributed by atoms with E-state index >= 15 is 0 Å². The van der Waals surface area contributed by atoms with Crippen LogP contribution in [0.25, 0.3) is 0 Å². The molecule has 10 heteroatoms. The highest BCUT2D eigenvalue weighted by atomic mass is 32.3. The number of benzene rings is 2. The summed E-state index contributed by atoms with van der Waals surface area (Å²) in [4.78, 5) is 0.198. The number of thiophene rings is 1. The number of sulfone groups is 1. The van der Waals surface area contributed by atoms with Gasteiger partial charge in [-0.05, 0) is 30.3 Å². The van der Waals surface area contributed by atoms with E-state index < -0.39 is 29.6 Å². The van der Waals surface area contributed by atoms with Crippen molar-refractivity contribution < 1.29 is 21.0 Å². The van der Waals surface area contributed by atoms with Crippen molar-refractivity contribution in [2.75, 3.05) is 6.26 Å². The molecule has 0 saturated heterocycles. The number of rotatable bonds is 5. The second-order valence-electron chi connectivity index (χ2n) is 5.58. The van der Waals surface area contributed by atoms with Crippen molar-refractivity contribution in [3.63, 3.8) is 0 Å². The van der Waals surface area contributed by atoms with Gasteiger partial charge in [-0.15, -0.1) is 15.1 Å². The molecule has 0 saturated carbocycles. The van der Waals surface area contributed by atoms with Crippen LogP contribution in [-0.4, -0.2) is 27.3 Å². The van der Waals surface area contributed by atoms with Crippen LogP contribution in [0.2, 0.25) is 0 Å². The predicted molar refractivity (Wildman–Crippen MR) is 105 cm³/mol. The van der Waals surface area contributed by atoms with Gasteiger partial charge in [-0.3, -0.25) is 0 Å². The van der Waals surface area contributed by atoms with Crippen molar-refractivity contribution in [2.45, 2.75) is 18.9 Å². The molecule has 27 heavy (non-hydrogen) atoms. The SMILES string of the molecule is C[S@@](=O)(=NS(=O)(=O)c1cc(S(=O)(=O)c2ccccc2)cs1)c1ccccc1. The summed E-state index contributed by atoms with van der Waals surface area (Å²) in [5.74, 6) is 0. The lowest BCUT2D eigenvalue weighted by molar-refractivity contribution is 0.596. The molecule has 0 aliphatic rings. The van der Waals surface area contributed by atoms with Gasteiger partial charge in [0.15, 0.2) is 0 Å². The molecule has 1 atom stereocenters. The Hall–Kier alpha value is -2.01. The Balaban J connectivity index is 2.04. The van der Waals surface area contributed by atoms with Crippen LogP contribution in [0, 0.1) is 0 Å². The first kappa shape index (κ1) is 19.7. The molecule has 0 spiro atoms. The van der Waals surface area contributed by atoms with Crippen molar-refractivity contribution in [1.82, 2.24) is 0 Å². The monoisotopic (exact) mass is 441 g/mol. The molecule has 3 rings (SSSR count). The van der Waals surface area contributed by atoms with Crippen LogP contribution < -0.4 is 0 Å². The zero-order chi connectivity index (χ0) is 19.7. The van der Waals surface area contributed by atoms with E-state index in [1.165, 1.54) is 35.9 Å². The highest BCUT2D eigenvalue weighted by Crippen LogP contribution is 2.30. The molecular formula is C17H15NO5S4. The first-order chi connectivity index (χ1) is 12.6. The van der Waals surface area contributed by atoms with Gasteiger partial charge in [0.25, 0.3) is 10.0 Å². The van der Waals surface area contributed by atoms with Crippen LogP contribution in [0.4, 0.5) is 0 Å². The first-order valence-electron chi connectivity index (χ1n) is 7.55. The largest absolute Gasteiger partial charge is 0.299 e. The van der Waals surface area contributed by atoms with Crippen LogP contribution >= 0.6 is 11.3 Å². The Morgan fingerprint density at radius 3 is 1.81 bits per heavy atom. The Labute approximate surface area is 162 Å². The fraction of sp³-hybridized carbons (Fsp3) is 0.0588. The molecule has 6 nitrogen and oxygen atoms in total. The van der Waals surface area contributed by atoms with E-state index in [1.54, 1.807) is 36.4 Å². The zero-order valence-corrected chi connectivity index (χ0v) is 17.3. The Bertz CT molecular complexity index is 1290. The number of hydrogen-bond donors (Lipinski definition) is 0. The summed E-state index contributed by atoms with van der Waals surface area (Å²) < 4.78 is 66.4. The van der Waals surface area contributed by atoms with Gasteiger partial charge < -0.3 is 0 Å². The lowest BCUT2D eigenvalue weighted by Gasteiger charge is -2.03. The van der Waals surface area contributed by atoms with Crippen LogP contribution in [-0.2, 0) is 29.6 Å². The van der Waals surface area contributed by atoms with Crippen LogP contribution in [0.5, 0.6) is 0 Å². The van der Waals surface area contributed by atoms with E-state index in [0.717, 1.165) is 17.4 Å². The standard InChI is InChI=1S/C17H15NO5S4/c1-25(19,14-8-4-2-5-9-14)18-27(22,23)17-12-16(13-24-17)26(20,21)15-10-6-3-7-11-15/h2-13H,1H3/t25-/m0/s1. The first-order valence-corrected chi connectivity index (χ1v) is 13.3. The van der Waals surface area contributed by atoms with Gasteiger partial charge in [0.05, 0.1) is 19.5 Å². The minimum absolute atomic E-state index is 0.0623. The Kier molecular flexibility index (Phi) is 5.26. The minimum Gasteiger partial charge on any atom is -0.244 e. The second-order valence-corrected chi connectivity index (χ2v) is 12.8. The van der Waals surface area contributed by atoms with Gasteiger partial charge in [-0.25, -0.2) is 12.6 Å². The lowest BCUT2D eigenvalue weighted by atomic mass is 10.4. The van der Waals surface area contributed by atoms with E-state index in [-0.39, 0.29) is 18.9 Å². The zero-order valence-electron chi connectivity index (χ0n) is 14.0. The maximum Gasteiger partial charge on any atom is 0.299 e. The molecule has 0 aliphatic carbocycles. The Morgan fingerprint density at radius 1 is 0.741 bits per heavy atom. The van der Waals surface area contributed by atoms with E-state index in [9.17, 15) is 21.0 Å². The molecule has 1 heterocycles. The van der Waals surface area contributed by atoms with Crippen molar-refractivity contribution in [3.8, 4) is 0 Å². The average Bonchev–Trinajstić information content (AvgIpc) is 3.14. The highest BCUT2D eigenvalue weighted by Gasteiger charge is 2.25. The number of nitrogens with zero attached hydrogens (tertiary/aromatic N) is 1. The summed E-state index contributed by atoms with van der Waals surface area (Å²) >= 11 is 0.727.